The van der Waals surface area contributed by atoms with Crippen molar-refractivity contribution in [1.82, 2.24) is 0 Å². The molecule has 4 atom stereocenters. The number of hydrogen-bond donors (Lipinski definition) is 0. The molecule has 0 saturated heterocycles. The number of rotatable bonds is 6. The first-order valence-electron chi connectivity index (χ1n) is 13.0. The molecule has 0 N–H and O–H groups in total. The van der Waals surface area contributed by atoms with Crippen molar-refractivity contribution >= 4 is 28.2 Å². The normalized spacial score (nSPS) is 22.3. The minimum Gasteiger partial charge on any atom is -0.497 e. The summed E-state index contributed by atoms with van der Waals surface area (Å²) in [6, 6.07) is 22.1. The average Bonchev–Trinajstić information content (AvgIpc) is 2.91. The van der Waals surface area contributed by atoms with Crippen LogP contribution >= 0.6 is 0 Å². The highest BCUT2D eigenvalue weighted by molar-refractivity contribution is 6.10. The molecule has 37 heavy (non-hydrogen) atoms. The first-order valence-corrected chi connectivity index (χ1v) is 13.0. The number of nitrogens with zero attached hydrogens (tertiary/aromatic N) is 1. The number of ketones is 1. The first-order chi connectivity index (χ1) is 17.9. The van der Waals surface area contributed by atoms with Crippen LogP contribution in [0.1, 0.15) is 63.0 Å². The summed E-state index contributed by atoms with van der Waals surface area (Å²) in [5.41, 5.74) is 4.22. The molecule has 0 fully saturated rings. The first kappa shape index (κ1) is 24.9. The van der Waals surface area contributed by atoms with Crippen LogP contribution in [-0.2, 0) is 14.3 Å². The minimum absolute atomic E-state index is 0.0329. The molecule has 1 aliphatic heterocycles. The topological polar surface area (TPSA) is 65.0 Å². The summed E-state index contributed by atoms with van der Waals surface area (Å²) in [6.45, 7) is 5.79. The fourth-order valence-corrected chi connectivity index (χ4v) is 5.69. The lowest BCUT2D eigenvalue weighted by molar-refractivity contribution is -0.151. The van der Waals surface area contributed by atoms with E-state index < -0.39 is 11.8 Å². The average molecular weight is 496 g/mol. The van der Waals surface area contributed by atoms with E-state index in [-0.39, 0.29) is 23.8 Å². The molecule has 0 radical (unpaired) electrons. The van der Waals surface area contributed by atoms with Gasteiger partial charge in [0.05, 0.1) is 13.2 Å². The Morgan fingerprint density at radius 3 is 2.49 bits per heavy atom. The monoisotopic (exact) mass is 495 g/mol. The van der Waals surface area contributed by atoms with Gasteiger partial charge in [0.15, 0.2) is 5.78 Å². The van der Waals surface area contributed by atoms with E-state index in [4.69, 9.17) is 14.5 Å². The smallest absolute Gasteiger partial charge is 0.315 e. The highest BCUT2D eigenvalue weighted by Gasteiger charge is 2.45. The molecule has 0 bridgehead atoms. The van der Waals surface area contributed by atoms with Crippen molar-refractivity contribution in [3.05, 3.63) is 89.1 Å². The van der Waals surface area contributed by atoms with Gasteiger partial charge in [0, 0.05) is 29.3 Å². The van der Waals surface area contributed by atoms with Gasteiger partial charge in [0.25, 0.3) is 0 Å². The number of benzene rings is 3. The molecule has 5 rings (SSSR count). The van der Waals surface area contributed by atoms with Crippen molar-refractivity contribution in [3.8, 4) is 5.75 Å². The van der Waals surface area contributed by atoms with Gasteiger partial charge >= 0.3 is 5.97 Å². The second-order valence-electron chi connectivity index (χ2n) is 10.1. The van der Waals surface area contributed by atoms with Crippen molar-refractivity contribution < 1.29 is 19.1 Å². The molecule has 0 aromatic heterocycles. The largest absolute Gasteiger partial charge is 0.497 e. The van der Waals surface area contributed by atoms with Crippen LogP contribution in [0.15, 0.2) is 83.0 Å². The third-order valence-electron chi connectivity index (χ3n) is 7.78. The summed E-state index contributed by atoms with van der Waals surface area (Å²) in [7, 11) is 1.64. The second kappa shape index (κ2) is 10.3. The van der Waals surface area contributed by atoms with E-state index in [1.54, 1.807) is 7.11 Å². The lowest BCUT2D eigenvalue weighted by Gasteiger charge is -2.37. The zero-order valence-electron chi connectivity index (χ0n) is 21.9. The predicted molar refractivity (Wildman–Crippen MR) is 146 cm³/mol. The maximum Gasteiger partial charge on any atom is 0.315 e. The van der Waals surface area contributed by atoms with E-state index in [1.807, 2.05) is 69.3 Å². The second-order valence-corrected chi connectivity index (χ2v) is 10.1. The van der Waals surface area contributed by atoms with Crippen LogP contribution < -0.4 is 4.74 Å². The molecule has 0 spiro atoms. The Bertz CT molecular complexity index is 1400. The van der Waals surface area contributed by atoms with Crippen molar-refractivity contribution in [1.29, 1.82) is 0 Å². The van der Waals surface area contributed by atoms with Crippen LogP contribution in [0.4, 0.5) is 0 Å². The Balaban J connectivity index is 1.62. The quantitative estimate of drug-likeness (QED) is 0.354. The van der Waals surface area contributed by atoms with E-state index >= 15 is 0 Å². The van der Waals surface area contributed by atoms with Gasteiger partial charge in [0.1, 0.15) is 11.7 Å². The van der Waals surface area contributed by atoms with Gasteiger partial charge in [-0.1, -0.05) is 61.5 Å². The van der Waals surface area contributed by atoms with Gasteiger partial charge in [-0.15, -0.1) is 0 Å². The van der Waals surface area contributed by atoms with E-state index in [2.05, 4.69) is 18.2 Å². The zero-order chi connectivity index (χ0) is 26.1. The molecule has 1 unspecified atom stereocenters. The fourth-order valence-electron chi connectivity index (χ4n) is 5.69. The van der Waals surface area contributed by atoms with Gasteiger partial charge in [-0.25, -0.2) is 0 Å². The minimum atomic E-state index is -0.639. The Labute approximate surface area is 218 Å². The third kappa shape index (κ3) is 4.71. The Kier molecular flexibility index (Phi) is 6.96. The van der Waals surface area contributed by atoms with Crippen molar-refractivity contribution in [2.75, 3.05) is 7.11 Å². The zero-order valence-corrected chi connectivity index (χ0v) is 21.9. The number of ether oxygens (including phenoxy) is 2. The summed E-state index contributed by atoms with van der Waals surface area (Å²) in [6.07, 6.45) is 1.56. The van der Waals surface area contributed by atoms with Crippen LogP contribution in [0.25, 0.3) is 10.8 Å². The number of carbonyl (C=O) groups excluding carboxylic acids is 2. The summed E-state index contributed by atoms with van der Waals surface area (Å²) < 4.78 is 11.1. The van der Waals surface area contributed by atoms with Crippen LogP contribution in [0.2, 0.25) is 0 Å². The number of hydrogen-bond acceptors (Lipinski definition) is 5. The number of carbonyl (C=O) groups is 2. The molecule has 2 aliphatic rings. The van der Waals surface area contributed by atoms with E-state index in [9.17, 15) is 9.59 Å². The van der Waals surface area contributed by atoms with Crippen LogP contribution in [0.5, 0.6) is 5.75 Å². The molecule has 5 heteroatoms. The van der Waals surface area contributed by atoms with E-state index in [1.165, 1.54) is 0 Å². The lowest BCUT2D eigenvalue weighted by Crippen LogP contribution is -2.39. The number of methoxy groups -OCH3 is 1. The van der Waals surface area contributed by atoms with Crippen molar-refractivity contribution in [3.63, 3.8) is 0 Å². The molecule has 190 valence electrons. The van der Waals surface area contributed by atoms with Crippen LogP contribution in [0.3, 0.4) is 0 Å². The predicted octanol–water partition coefficient (Wildman–Crippen LogP) is 6.77. The van der Waals surface area contributed by atoms with Crippen LogP contribution in [0, 0.1) is 5.92 Å². The molecular weight excluding hydrogens is 462 g/mol. The van der Waals surface area contributed by atoms with E-state index in [0.717, 1.165) is 39.8 Å². The number of allylic oxidation sites excluding steroid dienone is 2. The summed E-state index contributed by atoms with van der Waals surface area (Å²) in [5.74, 6) is -0.510. The molecule has 1 aliphatic carbocycles. The molecule has 3 aromatic carbocycles. The fraction of sp³-hybridized carbons (Fsp3) is 0.344. The maximum absolute atomic E-state index is 13.9. The Morgan fingerprint density at radius 1 is 1.03 bits per heavy atom. The summed E-state index contributed by atoms with van der Waals surface area (Å²) in [4.78, 5) is 32.4. The molecule has 3 aromatic rings. The van der Waals surface area contributed by atoms with Gasteiger partial charge in [-0.3, -0.25) is 14.6 Å². The van der Waals surface area contributed by atoms with Gasteiger partial charge in [0.2, 0.25) is 0 Å². The molecule has 0 saturated carbocycles. The summed E-state index contributed by atoms with van der Waals surface area (Å²) >= 11 is 0. The number of esters is 1. The van der Waals surface area contributed by atoms with Gasteiger partial charge in [-0.2, -0.15) is 0 Å². The number of aliphatic imine (C=N–C) groups is 1. The molecule has 5 nitrogen and oxygen atoms in total. The van der Waals surface area contributed by atoms with Gasteiger partial charge in [-0.05, 0) is 66.6 Å². The van der Waals surface area contributed by atoms with Crippen molar-refractivity contribution in [2.45, 2.75) is 58.0 Å². The number of fused-ring (bicyclic) bond motifs is 1. The molecule has 1 heterocycles. The molecular formula is C32H33NO4. The lowest BCUT2D eigenvalue weighted by atomic mass is 9.68. The highest BCUT2D eigenvalue weighted by atomic mass is 16.5. The number of Topliss-reactive ketones (excluding diaryl/α,β-unsaturated/α-hetero) is 1. The standard InChI is InChI=1S/C32H33NO4/c1-5-19(2)37-32(35)29-20(3)33-27-17-23(21-13-15-24(36-4)16-14-21)18-28(34)31(27)30(29)26-12-8-10-22-9-6-7-11-25(22)26/h6-16,19,23,29-30H,5,17-18H2,1-4H3/t19-,23+,29?,30-/m0/s1. The van der Waals surface area contributed by atoms with Gasteiger partial charge < -0.3 is 9.47 Å². The SMILES string of the molecule is CC[C@H](C)OC(=O)C1C(C)=NC2=C(C(=O)C[C@H](c3ccc(OC)cc3)C2)[C@H]1c1cccc2ccccc12. The van der Waals surface area contributed by atoms with E-state index in [0.29, 0.717) is 24.1 Å². The third-order valence-corrected chi connectivity index (χ3v) is 7.78. The Hall–Kier alpha value is -3.73. The maximum atomic E-state index is 13.9. The molecule has 0 amide bonds. The highest BCUT2D eigenvalue weighted by Crippen LogP contribution is 2.48. The van der Waals surface area contributed by atoms with Crippen molar-refractivity contribution in [2.24, 2.45) is 10.9 Å². The van der Waals surface area contributed by atoms with Crippen LogP contribution in [-0.4, -0.2) is 30.7 Å². The Morgan fingerprint density at radius 2 is 1.76 bits per heavy atom. The summed E-state index contributed by atoms with van der Waals surface area (Å²) in [5, 5.41) is 2.12.